The summed E-state index contributed by atoms with van der Waals surface area (Å²) in [6.07, 6.45) is 0. The molecule has 29 heavy (non-hydrogen) atoms. The number of aromatic nitrogens is 2. The van der Waals surface area contributed by atoms with E-state index < -0.39 is 5.82 Å². The molecule has 0 saturated carbocycles. The molecule has 3 aromatic rings. The molecule has 0 bridgehead atoms. The van der Waals surface area contributed by atoms with Crippen molar-refractivity contribution in [3.63, 3.8) is 0 Å². The van der Waals surface area contributed by atoms with Gasteiger partial charge in [-0.25, -0.2) is 4.39 Å². The van der Waals surface area contributed by atoms with Gasteiger partial charge in [0.15, 0.2) is 0 Å². The fourth-order valence-electron chi connectivity index (χ4n) is 3.30. The van der Waals surface area contributed by atoms with Crippen molar-refractivity contribution in [2.75, 3.05) is 31.1 Å². The van der Waals surface area contributed by atoms with Crippen LogP contribution in [-0.4, -0.2) is 46.8 Å². The maximum Gasteiger partial charge on any atom is 0.274 e. The molecular weight excluding hydrogens is 395 g/mol. The smallest absolute Gasteiger partial charge is 0.274 e. The van der Waals surface area contributed by atoms with Crippen LogP contribution >= 0.6 is 11.6 Å². The summed E-state index contributed by atoms with van der Waals surface area (Å²) >= 11 is 6.06. The van der Waals surface area contributed by atoms with Gasteiger partial charge in [-0.05, 0) is 48.5 Å². The Morgan fingerprint density at radius 2 is 1.66 bits per heavy atom. The number of anilines is 1. The molecule has 4 rings (SSSR count). The number of nitrogens with zero attached hydrogens (tertiary/aromatic N) is 4. The molecule has 1 aliphatic rings. The Balaban J connectivity index is 1.50. The second kappa shape index (κ2) is 8.05. The number of amides is 1. The summed E-state index contributed by atoms with van der Waals surface area (Å²) in [6, 6.07) is 15.7. The van der Waals surface area contributed by atoms with E-state index in [1.165, 1.54) is 36.4 Å². The Bertz CT molecular complexity index is 1090. The van der Waals surface area contributed by atoms with E-state index in [2.05, 4.69) is 10.00 Å². The zero-order chi connectivity index (χ0) is 20.4. The van der Waals surface area contributed by atoms with Crippen LogP contribution in [0.15, 0.2) is 65.5 Å². The molecule has 0 unspecified atom stereocenters. The number of halogens is 2. The van der Waals surface area contributed by atoms with Crippen LogP contribution in [0.1, 0.15) is 10.5 Å². The molecule has 1 aliphatic heterocycles. The van der Waals surface area contributed by atoms with E-state index in [9.17, 15) is 14.0 Å². The van der Waals surface area contributed by atoms with Gasteiger partial charge in [0.2, 0.25) is 0 Å². The van der Waals surface area contributed by atoms with Gasteiger partial charge in [0.05, 0.1) is 5.69 Å². The highest BCUT2D eigenvalue weighted by Gasteiger charge is 2.24. The molecule has 1 aromatic heterocycles. The van der Waals surface area contributed by atoms with Crippen molar-refractivity contribution in [2.24, 2.45) is 0 Å². The molecule has 0 N–H and O–H groups in total. The summed E-state index contributed by atoms with van der Waals surface area (Å²) in [7, 11) is 0. The molecule has 1 amide bonds. The van der Waals surface area contributed by atoms with Crippen molar-refractivity contribution >= 4 is 23.2 Å². The lowest BCUT2D eigenvalue weighted by Crippen LogP contribution is -2.49. The normalized spacial score (nSPS) is 14.1. The van der Waals surface area contributed by atoms with E-state index in [1.54, 1.807) is 4.90 Å². The van der Waals surface area contributed by atoms with Gasteiger partial charge in [0, 0.05) is 43.0 Å². The third-order valence-corrected chi connectivity index (χ3v) is 5.07. The van der Waals surface area contributed by atoms with Crippen LogP contribution in [0.5, 0.6) is 0 Å². The summed E-state index contributed by atoms with van der Waals surface area (Å²) in [5, 5.41) is 4.87. The quantitative estimate of drug-likeness (QED) is 0.663. The average molecular weight is 413 g/mol. The second-order valence-electron chi connectivity index (χ2n) is 6.70. The third-order valence-electron chi connectivity index (χ3n) is 4.83. The van der Waals surface area contributed by atoms with Crippen LogP contribution in [0.4, 0.5) is 10.1 Å². The van der Waals surface area contributed by atoms with Crippen LogP contribution in [0, 0.1) is 5.82 Å². The van der Waals surface area contributed by atoms with Gasteiger partial charge in [0.25, 0.3) is 11.5 Å². The summed E-state index contributed by atoms with van der Waals surface area (Å²) in [5.41, 5.74) is 1.20. The fraction of sp³-hybridized carbons (Fsp3) is 0.190. The topological polar surface area (TPSA) is 58.4 Å². The first-order chi connectivity index (χ1) is 14.0. The van der Waals surface area contributed by atoms with Gasteiger partial charge in [-0.15, -0.1) is 0 Å². The maximum absolute atomic E-state index is 13.1. The zero-order valence-corrected chi connectivity index (χ0v) is 16.2. The van der Waals surface area contributed by atoms with E-state index in [-0.39, 0.29) is 17.2 Å². The second-order valence-corrected chi connectivity index (χ2v) is 7.14. The highest BCUT2D eigenvalue weighted by molar-refractivity contribution is 6.30. The molecule has 148 valence electrons. The molecule has 2 heterocycles. The first-order valence-electron chi connectivity index (χ1n) is 9.17. The van der Waals surface area contributed by atoms with Crippen LogP contribution in [0.25, 0.3) is 5.69 Å². The highest BCUT2D eigenvalue weighted by atomic mass is 35.5. The lowest BCUT2D eigenvalue weighted by molar-refractivity contribution is 0.0738. The van der Waals surface area contributed by atoms with E-state index in [0.29, 0.717) is 36.9 Å². The molecule has 6 nitrogen and oxygen atoms in total. The standard InChI is InChI=1S/C21H18ClFN4O2/c22-15-2-1-3-18(14-15)25-10-12-26(13-11-25)21(29)19-8-9-20(28)27(24-19)17-6-4-16(23)5-7-17/h1-9,14H,10-13H2. The lowest BCUT2D eigenvalue weighted by Gasteiger charge is -2.36. The monoisotopic (exact) mass is 412 g/mol. The lowest BCUT2D eigenvalue weighted by atomic mass is 10.2. The van der Waals surface area contributed by atoms with Crippen molar-refractivity contribution in [3.8, 4) is 5.69 Å². The predicted molar refractivity (Wildman–Crippen MR) is 109 cm³/mol. The van der Waals surface area contributed by atoms with Crippen molar-refractivity contribution in [2.45, 2.75) is 0 Å². The molecule has 0 aliphatic carbocycles. The van der Waals surface area contributed by atoms with Gasteiger partial charge in [-0.1, -0.05) is 17.7 Å². The Hall–Kier alpha value is -3.19. The molecule has 1 saturated heterocycles. The average Bonchev–Trinajstić information content (AvgIpc) is 2.74. The van der Waals surface area contributed by atoms with Gasteiger partial charge >= 0.3 is 0 Å². The minimum Gasteiger partial charge on any atom is -0.368 e. The number of rotatable bonds is 3. The van der Waals surface area contributed by atoms with Crippen LogP contribution < -0.4 is 10.5 Å². The van der Waals surface area contributed by atoms with Crippen LogP contribution in [-0.2, 0) is 0 Å². The Morgan fingerprint density at radius 3 is 2.34 bits per heavy atom. The molecule has 0 radical (unpaired) electrons. The minimum atomic E-state index is -0.411. The highest BCUT2D eigenvalue weighted by Crippen LogP contribution is 2.21. The Morgan fingerprint density at radius 1 is 0.931 bits per heavy atom. The van der Waals surface area contributed by atoms with Crippen molar-refractivity contribution in [3.05, 3.63) is 87.6 Å². The molecule has 2 aromatic carbocycles. The molecule has 0 atom stereocenters. The minimum absolute atomic E-state index is 0.171. The first-order valence-corrected chi connectivity index (χ1v) is 9.55. The predicted octanol–water partition coefficient (Wildman–Crippen LogP) is 2.99. The van der Waals surface area contributed by atoms with Gasteiger partial charge in [-0.3, -0.25) is 9.59 Å². The maximum atomic E-state index is 13.1. The number of carbonyl (C=O) groups excluding carboxylic acids is 1. The summed E-state index contributed by atoms with van der Waals surface area (Å²) in [5.74, 6) is -0.654. The third kappa shape index (κ3) is 4.14. The van der Waals surface area contributed by atoms with Gasteiger partial charge in [0.1, 0.15) is 11.5 Å². The van der Waals surface area contributed by atoms with Gasteiger partial charge in [-0.2, -0.15) is 9.78 Å². The number of carbonyl (C=O) groups is 1. The SMILES string of the molecule is O=C(c1ccc(=O)n(-c2ccc(F)cc2)n1)N1CCN(c2cccc(Cl)c2)CC1. The van der Waals surface area contributed by atoms with E-state index in [4.69, 9.17) is 11.6 Å². The zero-order valence-electron chi connectivity index (χ0n) is 15.5. The van der Waals surface area contributed by atoms with Crippen molar-refractivity contribution in [1.29, 1.82) is 0 Å². The van der Waals surface area contributed by atoms with Gasteiger partial charge < -0.3 is 9.80 Å². The van der Waals surface area contributed by atoms with Crippen molar-refractivity contribution < 1.29 is 9.18 Å². The Labute approximate surface area is 171 Å². The van der Waals surface area contributed by atoms with E-state index in [0.717, 1.165) is 10.4 Å². The number of hydrogen-bond acceptors (Lipinski definition) is 4. The summed E-state index contributed by atoms with van der Waals surface area (Å²) < 4.78 is 14.3. The van der Waals surface area contributed by atoms with Crippen molar-refractivity contribution in [1.82, 2.24) is 14.7 Å². The summed E-state index contributed by atoms with van der Waals surface area (Å²) in [4.78, 5) is 28.9. The molecule has 1 fully saturated rings. The number of benzene rings is 2. The number of piperazine rings is 1. The molecule has 0 spiro atoms. The first kappa shape index (κ1) is 19.1. The van der Waals surface area contributed by atoms with E-state index >= 15 is 0 Å². The van der Waals surface area contributed by atoms with Crippen LogP contribution in [0.3, 0.4) is 0 Å². The number of hydrogen-bond donors (Lipinski definition) is 0. The van der Waals surface area contributed by atoms with E-state index in [1.807, 2.05) is 24.3 Å². The fourth-order valence-corrected chi connectivity index (χ4v) is 3.48. The molecular formula is C21H18ClFN4O2. The molecule has 8 heteroatoms. The summed E-state index contributed by atoms with van der Waals surface area (Å²) in [6.45, 7) is 2.40. The Kier molecular flexibility index (Phi) is 5.31. The largest absolute Gasteiger partial charge is 0.368 e. The van der Waals surface area contributed by atoms with Crippen LogP contribution in [0.2, 0.25) is 5.02 Å².